The lowest BCUT2D eigenvalue weighted by Crippen LogP contribution is -1.88. The van der Waals surface area contributed by atoms with Crippen molar-refractivity contribution in [2.24, 2.45) is 0 Å². The van der Waals surface area contributed by atoms with Gasteiger partial charge in [-0.25, -0.2) is 4.98 Å². The van der Waals surface area contributed by atoms with Crippen LogP contribution in [0.1, 0.15) is 5.56 Å². The zero-order chi connectivity index (χ0) is 9.97. The summed E-state index contributed by atoms with van der Waals surface area (Å²) in [4.78, 5) is 6.73. The topological polar surface area (TPSA) is 37.9 Å². The maximum absolute atomic E-state index is 5.67. The van der Waals surface area contributed by atoms with Crippen LogP contribution in [-0.2, 0) is 0 Å². The minimum atomic E-state index is 0.407. The van der Waals surface area contributed by atoms with E-state index < -0.39 is 0 Å². The molecule has 0 unspecified atom stereocenters. The lowest BCUT2D eigenvalue weighted by atomic mass is 10.2. The van der Waals surface area contributed by atoms with Crippen molar-refractivity contribution in [1.29, 1.82) is 0 Å². The van der Waals surface area contributed by atoms with Crippen LogP contribution in [0.15, 0.2) is 30.5 Å². The van der Waals surface area contributed by atoms with Gasteiger partial charge in [-0.3, -0.25) is 4.98 Å². The molecule has 0 radical (unpaired) electrons. The first-order chi connectivity index (χ1) is 6.75. The van der Waals surface area contributed by atoms with Gasteiger partial charge in [0.15, 0.2) is 0 Å². The van der Waals surface area contributed by atoms with Crippen molar-refractivity contribution < 1.29 is 4.74 Å². The first-order valence-corrected chi connectivity index (χ1v) is 4.57. The average molecular weight is 209 g/mol. The first-order valence-electron chi connectivity index (χ1n) is 4.20. The van der Waals surface area contributed by atoms with Crippen LogP contribution < -0.4 is 4.74 Å². The van der Waals surface area contributed by atoms with Crippen LogP contribution in [0.3, 0.4) is 0 Å². The Bertz CT molecular complexity index is 439. The van der Waals surface area contributed by atoms with Crippen LogP contribution >= 0.6 is 11.6 Å². The number of aromatic nitrogens is 2. The van der Waals surface area contributed by atoms with Gasteiger partial charge < -0.3 is 4.74 Å². The minimum absolute atomic E-state index is 0.407. The highest BCUT2D eigenvalue weighted by molar-refractivity contribution is 6.29. The second-order valence-corrected chi connectivity index (χ2v) is 3.31. The second-order valence-electron chi connectivity index (χ2n) is 2.90. The Labute approximate surface area is 86.7 Å². The number of aromatic amines is 1. The van der Waals surface area contributed by atoms with Gasteiger partial charge in [0.1, 0.15) is 10.9 Å². The van der Waals surface area contributed by atoms with Gasteiger partial charge in [0, 0.05) is 0 Å². The Morgan fingerprint density at radius 2 is 2.14 bits per heavy atom. The van der Waals surface area contributed by atoms with Crippen LogP contribution in [0.4, 0.5) is 0 Å². The molecular formula is C10H9ClN2O. The molecule has 72 valence electrons. The van der Waals surface area contributed by atoms with Crippen molar-refractivity contribution >= 4 is 11.6 Å². The number of para-hydroxylation sites is 1. The number of imidazole rings is 1. The largest absolute Gasteiger partial charge is 0.425 e. The molecule has 1 aromatic heterocycles. The lowest BCUT2D eigenvalue weighted by Gasteiger charge is -2.04. The van der Waals surface area contributed by atoms with Crippen molar-refractivity contribution in [3.05, 3.63) is 41.2 Å². The number of ether oxygens (including phenoxy) is 1. The maximum Gasteiger partial charge on any atom is 0.300 e. The summed E-state index contributed by atoms with van der Waals surface area (Å²) in [5.41, 5.74) is 1.06. The van der Waals surface area contributed by atoms with Crippen molar-refractivity contribution in [2.75, 3.05) is 0 Å². The fourth-order valence-corrected chi connectivity index (χ4v) is 1.24. The summed E-state index contributed by atoms with van der Waals surface area (Å²) in [5.74, 6) is 0.776. The van der Waals surface area contributed by atoms with E-state index in [4.69, 9.17) is 16.3 Å². The third-order valence-electron chi connectivity index (χ3n) is 1.82. The molecule has 0 aliphatic carbocycles. The molecule has 0 saturated carbocycles. The third kappa shape index (κ3) is 1.88. The fourth-order valence-electron chi connectivity index (χ4n) is 1.11. The van der Waals surface area contributed by atoms with E-state index in [1.165, 1.54) is 6.20 Å². The Morgan fingerprint density at radius 3 is 2.79 bits per heavy atom. The average Bonchev–Trinajstić information content (AvgIpc) is 2.56. The number of H-pyrrole nitrogens is 1. The van der Waals surface area contributed by atoms with Crippen molar-refractivity contribution in [2.45, 2.75) is 6.92 Å². The summed E-state index contributed by atoms with van der Waals surface area (Å²) < 4.78 is 5.48. The van der Waals surface area contributed by atoms with Crippen LogP contribution in [0.5, 0.6) is 11.8 Å². The molecule has 1 aromatic carbocycles. The SMILES string of the molecule is Cc1ccccc1Oc1ncc(Cl)[nH]1. The molecule has 0 atom stereocenters. The highest BCUT2D eigenvalue weighted by Gasteiger charge is 2.02. The first kappa shape index (κ1) is 9.09. The standard InChI is InChI=1S/C10H9ClN2O/c1-7-4-2-3-5-8(7)14-10-12-6-9(11)13-10/h2-6H,1H3,(H,12,13). The zero-order valence-corrected chi connectivity index (χ0v) is 8.38. The van der Waals surface area contributed by atoms with Gasteiger partial charge in [-0.2, -0.15) is 0 Å². The normalized spacial score (nSPS) is 10.1. The maximum atomic E-state index is 5.67. The molecule has 0 bridgehead atoms. The molecule has 0 amide bonds. The molecule has 3 nitrogen and oxygen atoms in total. The van der Waals surface area contributed by atoms with Gasteiger partial charge in [-0.1, -0.05) is 29.8 Å². The van der Waals surface area contributed by atoms with Crippen molar-refractivity contribution in [1.82, 2.24) is 9.97 Å². The second kappa shape index (κ2) is 3.72. The predicted molar refractivity (Wildman–Crippen MR) is 54.9 cm³/mol. The molecule has 2 rings (SSSR count). The van der Waals surface area contributed by atoms with E-state index in [0.29, 0.717) is 11.2 Å². The quantitative estimate of drug-likeness (QED) is 0.823. The Kier molecular flexibility index (Phi) is 2.41. The van der Waals surface area contributed by atoms with Gasteiger partial charge in [0.25, 0.3) is 6.01 Å². The van der Waals surface area contributed by atoms with Gasteiger partial charge in [0.05, 0.1) is 6.20 Å². The van der Waals surface area contributed by atoms with Gasteiger partial charge in [-0.05, 0) is 18.6 Å². The molecule has 0 aliphatic heterocycles. The lowest BCUT2D eigenvalue weighted by molar-refractivity contribution is 0.444. The van der Waals surface area contributed by atoms with E-state index in [2.05, 4.69) is 9.97 Å². The van der Waals surface area contributed by atoms with Crippen LogP contribution in [0.2, 0.25) is 5.15 Å². The minimum Gasteiger partial charge on any atom is -0.425 e. The molecule has 1 heterocycles. The highest BCUT2D eigenvalue weighted by Crippen LogP contribution is 2.22. The number of rotatable bonds is 2. The summed E-state index contributed by atoms with van der Waals surface area (Å²) in [6.07, 6.45) is 1.51. The molecule has 0 aliphatic rings. The summed E-state index contributed by atoms with van der Waals surface area (Å²) in [6.45, 7) is 1.97. The van der Waals surface area contributed by atoms with E-state index in [9.17, 15) is 0 Å². The summed E-state index contributed by atoms with van der Waals surface area (Å²) in [5, 5.41) is 0.466. The Balaban J connectivity index is 2.23. The number of nitrogens with one attached hydrogen (secondary N) is 1. The third-order valence-corrected chi connectivity index (χ3v) is 2.01. The monoisotopic (exact) mass is 208 g/mol. The van der Waals surface area contributed by atoms with E-state index in [0.717, 1.165) is 11.3 Å². The molecule has 2 aromatic rings. The predicted octanol–water partition coefficient (Wildman–Crippen LogP) is 3.16. The number of nitrogens with zero attached hydrogens (tertiary/aromatic N) is 1. The van der Waals surface area contributed by atoms with Crippen LogP contribution in [-0.4, -0.2) is 9.97 Å². The number of halogens is 1. The van der Waals surface area contributed by atoms with E-state index in [1.807, 2.05) is 31.2 Å². The summed E-state index contributed by atoms with van der Waals surface area (Å²) >= 11 is 5.67. The van der Waals surface area contributed by atoms with Crippen LogP contribution in [0.25, 0.3) is 0 Å². The van der Waals surface area contributed by atoms with E-state index >= 15 is 0 Å². The van der Waals surface area contributed by atoms with Crippen molar-refractivity contribution in [3.8, 4) is 11.8 Å². The highest BCUT2D eigenvalue weighted by atomic mass is 35.5. The molecule has 0 spiro atoms. The molecule has 14 heavy (non-hydrogen) atoms. The summed E-state index contributed by atoms with van der Waals surface area (Å²) in [6, 6.07) is 8.12. The Hall–Kier alpha value is -1.48. The fraction of sp³-hybridized carbons (Fsp3) is 0.100. The zero-order valence-electron chi connectivity index (χ0n) is 7.62. The van der Waals surface area contributed by atoms with Crippen molar-refractivity contribution in [3.63, 3.8) is 0 Å². The summed E-state index contributed by atoms with van der Waals surface area (Å²) in [7, 11) is 0. The molecule has 4 heteroatoms. The number of benzene rings is 1. The molecule has 1 N–H and O–H groups in total. The number of hydrogen-bond donors (Lipinski definition) is 1. The van der Waals surface area contributed by atoms with Gasteiger partial charge in [0.2, 0.25) is 0 Å². The molecule has 0 saturated heterocycles. The van der Waals surface area contributed by atoms with Crippen LogP contribution in [0, 0.1) is 6.92 Å². The van der Waals surface area contributed by atoms with E-state index in [-0.39, 0.29) is 0 Å². The van der Waals surface area contributed by atoms with E-state index in [1.54, 1.807) is 0 Å². The number of aryl methyl sites for hydroxylation is 1. The molecular weight excluding hydrogens is 200 g/mol. The van der Waals surface area contributed by atoms with Gasteiger partial charge >= 0.3 is 0 Å². The smallest absolute Gasteiger partial charge is 0.300 e. The Morgan fingerprint density at radius 1 is 1.36 bits per heavy atom. The number of hydrogen-bond acceptors (Lipinski definition) is 2. The molecule has 0 fully saturated rings. The van der Waals surface area contributed by atoms with Gasteiger partial charge in [-0.15, -0.1) is 0 Å².